The van der Waals surface area contributed by atoms with Crippen molar-refractivity contribution in [3.63, 3.8) is 0 Å². The van der Waals surface area contributed by atoms with Gasteiger partial charge in [0.1, 0.15) is 12.4 Å². The number of hydrogen-bond acceptors (Lipinski definition) is 4. The second-order valence-corrected chi connectivity index (χ2v) is 7.33. The van der Waals surface area contributed by atoms with E-state index in [1.54, 1.807) is 4.90 Å². The van der Waals surface area contributed by atoms with Crippen molar-refractivity contribution in [2.24, 2.45) is 0 Å². The summed E-state index contributed by atoms with van der Waals surface area (Å²) in [5.41, 5.74) is 3.05. The molecule has 4 rings (SSSR count). The molecule has 1 aromatic heterocycles. The monoisotopic (exact) mass is 378 g/mol. The highest BCUT2D eigenvalue weighted by molar-refractivity contribution is 5.74. The minimum Gasteiger partial charge on any atom is -0.445 e. The van der Waals surface area contributed by atoms with E-state index in [1.165, 1.54) is 0 Å². The van der Waals surface area contributed by atoms with E-state index in [0.717, 1.165) is 35.3 Å². The summed E-state index contributed by atoms with van der Waals surface area (Å²) in [7, 11) is 0. The Balaban J connectivity index is 1.25. The Morgan fingerprint density at radius 2 is 1.89 bits per heavy atom. The van der Waals surface area contributed by atoms with Crippen LogP contribution in [0.5, 0.6) is 0 Å². The van der Waals surface area contributed by atoms with Crippen LogP contribution in [-0.2, 0) is 11.3 Å². The number of imidazole rings is 1. The van der Waals surface area contributed by atoms with E-state index in [0.29, 0.717) is 25.7 Å². The summed E-state index contributed by atoms with van der Waals surface area (Å²) in [6, 6.07) is 18.3. The van der Waals surface area contributed by atoms with Crippen molar-refractivity contribution in [1.82, 2.24) is 20.2 Å². The minimum atomic E-state index is -0.229. The first-order chi connectivity index (χ1) is 13.7. The predicted molar refractivity (Wildman–Crippen MR) is 109 cm³/mol. The lowest BCUT2D eigenvalue weighted by molar-refractivity contribution is 0.0846. The maximum absolute atomic E-state index is 12.3. The molecule has 2 aromatic carbocycles. The Bertz CT molecular complexity index is 883. The predicted octanol–water partition coefficient (Wildman–Crippen LogP) is 4.01. The van der Waals surface area contributed by atoms with Gasteiger partial charge in [0.05, 0.1) is 17.1 Å². The number of rotatable bonds is 5. The molecule has 0 saturated carbocycles. The standard InChI is InChI=1S/C22H26N4O2/c1-16(21-24-19-9-5-6-10-20(19)25-21)23-18-11-13-26(14-12-18)22(27)28-15-17-7-3-2-4-8-17/h2-10,16,18,23H,11-15H2,1H3,(H,24,25). The van der Waals surface area contributed by atoms with Gasteiger partial charge in [0, 0.05) is 19.1 Å². The first kappa shape index (κ1) is 18.5. The van der Waals surface area contributed by atoms with Gasteiger partial charge >= 0.3 is 6.09 Å². The smallest absolute Gasteiger partial charge is 0.410 e. The van der Waals surface area contributed by atoms with Crippen LogP contribution in [0.15, 0.2) is 54.6 Å². The fourth-order valence-corrected chi connectivity index (χ4v) is 3.65. The van der Waals surface area contributed by atoms with Crippen LogP contribution in [0, 0.1) is 0 Å². The Kier molecular flexibility index (Phi) is 5.58. The van der Waals surface area contributed by atoms with Crippen LogP contribution in [0.2, 0.25) is 0 Å². The number of ether oxygens (including phenoxy) is 1. The SMILES string of the molecule is CC(NC1CCN(C(=O)OCc2ccccc2)CC1)c1nc2ccccc2[nH]1. The maximum atomic E-state index is 12.3. The quantitative estimate of drug-likeness (QED) is 0.704. The van der Waals surface area contributed by atoms with E-state index in [9.17, 15) is 4.79 Å². The second kappa shape index (κ2) is 8.44. The first-order valence-electron chi connectivity index (χ1n) is 9.85. The molecule has 146 valence electrons. The summed E-state index contributed by atoms with van der Waals surface area (Å²) in [5.74, 6) is 0.950. The number of piperidine rings is 1. The van der Waals surface area contributed by atoms with Crippen LogP contribution >= 0.6 is 0 Å². The molecule has 1 unspecified atom stereocenters. The maximum Gasteiger partial charge on any atom is 0.410 e. The molecule has 6 heteroatoms. The third-order valence-corrected chi connectivity index (χ3v) is 5.26. The van der Waals surface area contributed by atoms with Gasteiger partial charge in [-0.3, -0.25) is 0 Å². The van der Waals surface area contributed by atoms with Crippen molar-refractivity contribution in [3.05, 3.63) is 66.0 Å². The van der Waals surface area contributed by atoms with E-state index >= 15 is 0 Å². The number of aromatic amines is 1. The van der Waals surface area contributed by atoms with Crippen LogP contribution in [0.4, 0.5) is 4.79 Å². The molecular formula is C22H26N4O2. The first-order valence-corrected chi connectivity index (χ1v) is 9.85. The lowest BCUT2D eigenvalue weighted by Crippen LogP contribution is -2.45. The van der Waals surface area contributed by atoms with Gasteiger partial charge in [-0.1, -0.05) is 42.5 Å². The summed E-state index contributed by atoms with van der Waals surface area (Å²) in [6.07, 6.45) is 1.59. The van der Waals surface area contributed by atoms with Gasteiger partial charge in [-0.15, -0.1) is 0 Å². The number of benzene rings is 2. The summed E-state index contributed by atoms with van der Waals surface area (Å²) in [5, 5.41) is 3.64. The number of para-hydroxylation sites is 2. The average molecular weight is 378 g/mol. The number of aromatic nitrogens is 2. The number of likely N-dealkylation sites (tertiary alicyclic amines) is 1. The molecule has 1 atom stereocenters. The van der Waals surface area contributed by atoms with Crippen LogP contribution in [0.25, 0.3) is 11.0 Å². The summed E-state index contributed by atoms with van der Waals surface area (Å²) in [4.78, 5) is 22.1. The number of hydrogen-bond donors (Lipinski definition) is 2. The molecule has 0 radical (unpaired) electrons. The Morgan fingerprint density at radius 3 is 2.64 bits per heavy atom. The van der Waals surface area contributed by atoms with Crippen LogP contribution in [0.3, 0.4) is 0 Å². The van der Waals surface area contributed by atoms with E-state index in [2.05, 4.69) is 22.2 Å². The van der Waals surface area contributed by atoms with Crippen LogP contribution in [0.1, 0.15) is 37.2 Å². The highest BCUT2D eigenvalue weighted by atomic mass is 16.6. The van der Waals surface area contributed by atoms with E-state index < -0.39 is 0 Å². The largest absolute Gasteiger partial charge is 0.445 e. The zero-order valence-electron chi connectivity index (χ0n) is 16.1. The fourth-order valence-electron chi connectivity index (χ4n) is 3.65. The molecule has 1 aliphatic heterocycles. The Hall–Kier alpha value is -2.86. The summed E-state index contributed by atoms with van der Waals surface area (Å²) < 4.78 is 5.44. The number of carbonyl (C=O) groups excluding carboxylic acids is 1. The molecular weight excluding hydrogens is 352 g/mol. The molecule has 2 N–H and O–H groups in total. The van der Waals surface area contributed by atoms with Crippen LogP contribution < -0.4 is 5.32 Å². The Labute approximate surface area is 164 Å². The number of amides is 1. The molecule has 0 spiro atoms. The molecule has 1 aliphatic rings. The summed E-state index contributed by atoms with van der Waals surface area (Å²) >= 11 is 0. The van der Waals surface area contributed by atoms with Gasteiger partial charge in [-0.25, -0.2) is 9.78 Å². The van der Waals surface area contributed by atoms with Crippen LogP contribution in [-0.4, -0.2) is 40.1 Å². The molecule has 6 nitrogen and oxygen atoms in total. The number of nitrogens with zero attached hydrogens (tertiary/aromatic N) is 2. The number of carbonyl (C=O) groups is 1. The normalized spacial score (nSPS) is 16.2. The Morgan fingerprint density at radius 1 is 1.18 bits per heavy atom. The highest BCUT2D eigenvalue weighted by Crippen LogP contribution is 2.19. The van der Waals surface area contributed by atoms with Crippen molar-refractivity contribution in [3.8, 4) is 0 Å². The average Bonchev–Trinajstić information content (AvgIpc) is 3.18. The van der Waals surface area contributed by atoms with Gasteiger partial charge in [-0.2, -0.15) is 0 Å². The van der Waals surface area contributed by atoms with E-state index in [4.69, 9.17) is 4.74 Å². The van der Waals surface area contributed by atoms with Gasteiger partial charge in [0.2, 0.25) is 0 Å². The molecule has 1 fully saturated rings. The van der Waals surface area contributed by atoms with Gasteiger partial charge in [0.25, 0.3) is 0 Å². The molecule has 1 saturated heterocycles. The van der Waals surface area contributed by atoms with Crippen molar-refractivity contribution >= 4 is 17.1 Å². The van der Waals surface area contributed by atoms with Gasteiger partial charge in [-0.05, 0) is 37.5 Å². The molecule has 28 heavy (non-hydrogen) atoms. The third kappa shape index (κ3) is 4.34. The fraction of sp³-hybridized carbons (Fsp3) is 0.364. The van der Waals surface area contributed by atoms with Gasteiger partial charge in [0.15, 0.2) is 0 Å². The zero-order valence-corrected chi connectivity index (χ0v) is 16.1. The topological polar surface area (TPSA) is 70.2 Å². The highest BCUT2D eigenvalue weighted by Gasteiger charge is 2.25. The lowest BCUT2D eigenvalue weighted by atomic mass is 10.0. The van der Waals surface area contributed by atoms with Crippen molar-refractivity contribution in [1.29, 1.82) is 0 Å². The van der Waals surface area contributed by atoms with E-state index in [1.807, 2.05) is 54.6 Å². The van der Waals surface area contributed by atoms with Crippen molar-refractivity contribution < 1.29 is 9.53 Å². The van der Waals surface area contributed by atoms with Crippen molar-refractivity contribution in [2.75, 3.05) is 13.1 Å². The molecule has 0 aliphatic carbocycles. The number of fused-ring (bicyclic) bond motifs is 1. The molecule has 3 aromatic rings. The molecule has 1 amide bonds. The lowest BCUT2D eigenvalue weighted by Gasteiger charge is -2.33. The number of H-pyrrole nitrogens is 1. The minimum absolute atomic E-state index is 0.133. The third-order valence-electron chi connectivity index (χ3n) is 5.26. The molecule has 0 bridgehead atoms. The second-order valence-electron chi connectivity index (χ2n) is 7.33. The van der Waals surface area contributed by atoms with Crippen molar-refractivity contribution in [2.45, 2.75) is 38.5 Å². The van der Waals surface area contributed by atoms with Gasteiger partial charge < -0.3 is 19.9 Å². The van der Waals surface area contributed by atoms with E-state index in [-0.39, 0.29) is 12.1 Å². The zero-order chi connectivity index (χ0) is 19.3. The molecule has 2 heterocycles. The summed E-state index contributed by atoms with van der Waals surface area (Å²) in [6.45, 7) is 3.86. The number of nitrogens with one attached hydrogen (secondary N) is 2.